The molecule has 0 fully saturated rings. The molecule has 0 aliphatic rings. The van der Waals surface area contributed by atoms with Crippen molar-refractivity contribution in [3.05, 3.63) is 54.1 Å². The fraction of sp³-hybridized carbons (Fsp3) is 0.211. The minimum absolute atomic E-state index is 0.0367. The van der Waals surface area contributed by atoms with Gasteiger partial charge in [-0.2, -0.15) is 0 Å². The van der Waals surface area contributed by atoms with Crippen LogP contribution in [0, 0.1) is 0 Å². The van der Waals surface area contributed by atoms with Gasteiger partial charge in [-0.3, -0.25) is 9.59 Å². The first-order chi connectivity index (χ1) is 12.1. The number of aromatic nitrogens is 1. The van der Waals surface area contributed by atoms with Crippen molar-refractivity contribution in [1.29, 1.82) is 0 Å². The van der Waals surface area contributed by atoms with E-state index < -0.39 is 0 Å². The Kier molecular flexibility index (Phi) is 5.09. The van der Waals surface area contributed by atoms with Gasteiger partial charge < -0.3 is 10.6 Å². The molecule has 2 amide bonds. The topological polar surface area (TPSA) is 71.1 Å². The minimum Gasteiger partial charge on any atom is -0.325 e. The molecule has 0 saturated carbocycles. The maximum atomic E-state index is 12.6. The molecule has 0 spiro atoms. The van der Waals surface area contributed by atoms with Crippen LogP contribution in [0.15, 0.2) is 48.5 Å². The molecule has 2 N–H and O–H groups in total. The zero-order valence-corrected chi connectivity index (χ0v) is 14.9. The number of hydrogen-bond donors (Lipinski definition) is 2. The van der Waals surface area contributed by atoms with Crippen molar-refractivity contribution >= 4 is 44.2 Å². The summed E-state index contributed by atoms with van der Waals surface area (Å²) in [5, 5.41) is 6.21. The number of hydrogen-bond acceptors (Lipinski definition) is 4. The first-order valence-corrected chi connectivity index (χ1v) is 8.92. The molecule has 0 saturated heterocycles. The van der Waals surface area contributed by atoms with Crippen molar-refractivity contribution in [3.8, 4) is 0 Å². The molecule has 1 unspecified atom stereocenters. The largest absolute Gasteiger partial charge is 0.325 e. The van der Waals surface area contributed by atoms with Crippen LogP contribution in [-0.4, -0.2) is 16.8 Å². The van der Waals surface area contributed by atoms with E-state index in [0.717, 1.165) is 22.2 Å². The van der Waals surface area contributed by atoms with E-state index in [1.165, 1.54) is 18.3 Å². The van der Waals surface area contributed by atoms with Crippen molar-refractivity contribution in [2.45, 2.75) is 26.2 Å². The molecule has 2 aromatic carbocycles. The van der Waals surface area contributed by atoms with Crippen LogP contribution in [-0.2, 0) is 9.59 Å². The van der Waals surface area contributed by atoms with E-state index in [9.17, 15) is 9.59 Å². The number of anilines is 2. The number of rotatable bonds is 5. The summed E-state index contributed by atoms with van der Waals surface area (Å²) < 4.78 is 0.955. The lowest BCUT2D eigenvalue weighted by atomic mass is 9.95. The molecule has 0 radical (unpaired) electrons. The van der Waals surface area contributed by atoms with Crippen LogP contribution < -0.4 is 10.6 Å². The van der Waals surface area contributed by atoms with E-state index >= 15 is 0 Å². The molecular weight excluding hydrogens is 334 g/mol. The van der Waals surface area contributed by atoms with Crippen molar-refractivity contribution in [3.63, 3.8) is 0 Å². The van der Waals surface area contributed by atoms with Gasteiger partial charge in [0.05, 0.1) is 16.1 Å². The van der Waals surface area contributed by atoms with Gasteiger partial charge in [-0.05, 0) is 30.2 Å². The van der Waals surface area contributed by atoms with Crippen LogP contribution in [0.4, 0.5) is 10.8 Å². The zero-order chi connectivity index (χ0) is 17.8. The number of nitrogens with one attached hydrogen (secondary N) is 2. The summed E-state index contributed by atoms with van der Waals surface area (Å²) in [4.78, 5) is 28.2. The maximum absolute atomic E-state index is 12.6. The number of thiazole rings is 1. The lowest BCUT2D eigenvalue weighted by Gasteiger charge is -2.15. The van der Waals surface area contributed by atoms with Crippen molar-refractivity contribution in [2.75, 3.05) is 10.6 Å². The number of carbonyl (C=O) groups excluding carboxylic acids is 2. The summed E-state index contributed by atoms with van der Waals surface area (Å²) in [6, 6.07) is 15.3. The molecule has 5 nitrogen and oxygen atoms in total. The highest BCUT2D eigenvalue weighted by Gasteiger charge is 2.18. The van der Waals surface area contributed by atoms with E-state index in [-0.39, 0.29) is 17.7 Å². The van der Waals surface area contributed by atoms with Crippen LogP contribution >= 0.6 is 11.3 Å². The predicted octanol–water partition coefficient (Wildman–Crippen LogP) is 4.39. The summed E-state index contributed by atoms with van der Waals surface area (Å²) in [5.74, 6) is -0.381. The Balaban J connectivity index is 1.79. The van der Waals surface area contributed by atoms with Gasteiger partial charge in [0.15, 0.2) is 5.13 Å². The van der Waals surface area contributed by atoms with Crippen LogP contribution in [0.5, 0.6) is 0 Å². The first-order valence-electron chi connectivity index (χ1n) is 8.11. The van der Waals surface area contributed by atoms with Gasteiger partial charge in [0.1, 0.15) is 0 Å². The van der Waals surface area contributed by atoms with E-state index in [1.807, 2.05) is 55.5 Å². The Morgan fingerprint density at radius 1 is 1.12 bits per heavy atom. The molecule has 3 aromatic rings. The fourth-order valence-corrected chi connectivity index (χ4v) is 3.59. The van der Waals surface area contributed by atoms with E-state index in [2.05, 4.69) is 15.6 Å². The summed E-state index contributed by atoms with van der Waals surface area (Å²) in [5.41, 5.74) is 2.45. The second kappa shape index (κ2) is 7.44. The molecule has 0 aliphatic heterocycles. The predicted molar refractivity (Wildman–Crippen MR) is 102 cm³/mol. The summed E-state index contributed by atoms with van der Waals surface area (Å²) in [7, 11) is 0. The average Bonchev–Trinajstić information content (AvgIpc) is 2.97. The molecular formula is C19H19N3O2S. The quantitative estimate of drug-likeness (QED) is 0.715. The van der Waals surface area contributed by atoms with Crippen molar-refractivity contribution in [2.24, 2.45) is 0 Å². The van der Waals surface area contributed by atoms with Gasteiger partial charge in [-0.25, -0.2) is 4.98 Å². The van der Waals surface area contributed by atoms with Gasteiger partial charge in [0, 0.05) is 12.6 Å². The van der Waals surface area contributed by atoms with Gasteiger partial charge in [0.2, 0.25) is 11.8 Å². The molecule has 6 heteroatoms. The van der Waals surface area contributed by atoms with Crippen molar-refractivity contribution < 1.29 is 9.59 Å². The monoisotopic (exact) mass is 353 g/mol. The summed E-state index contributed by atoms with van der Waals surface area (Å²) in [6.45, 7) is 3.45. The van der Waals surface area contributed by atoms with Crippen LogP contribution in [0.2, 0.25) is 0 Å². The van der Waals surface area contributed by atoms with Gasteiger partial charge >= 0.3 is 0 Å². The molecule has 1 heterocycles. The molecule has 0 bridgehead atoms. The number of carbonyl (C=O) groups is 2. The Labute approximate surface area is 150 Å². The summed E-state index contributed by atoms with van der Waals surface area (Å²) in [6.07, 6.45) is 0.724. The van der Waals surface area contributed by atoms with E-state index in [4.69, 9.17) is 0 Å². The fourth-order valence-electron chi connectivity index (χ4n) is 2.70. The third kappa shape index (κ3) is 4.03. The normalized spacial score (nSPS) is 11.9. The second-order valence-electron chi connectivity index (χ2n) is 5.74. The van der Waals surface area contributed by atoms with Crippen LogP contribution in [0.1, 0.15) is 31.7 Å². The Hall–Kier alpha value is -2.73. The summed E-state index contributed by atoms with van der Waals surface area (Å²) >= 11 is 1.41. The molecule has 25 heavy (non-hydrogen) atoms. The first kappa shape index (κ1) is 17.1. The van der Waals surface area contributed by atoms with Gasteiger partial charge in [0.25, 0.3) is 0 Å². The average molecular weight is 353 g/mol. The molecule has 3 rings (SSSR count). The third-order valence-corrected chi connectivity index (χ3v) is 4.82. The SMILES string of the molecule is CCC(C(=O)Nc1ccc2sc(NC(C)=O)nc2c1)c1ccccc1. The number of fused-ring (bicyclic) bond motifs is 1. The van der Waals surface area contributed by atoms with Gasteiger partial charge in [-0.1, -0.05) is 48.6 Å². The highest BCUT2D eigenvalue weighted by molar-refractivity contribution is 7.22. The maximum Gasteiger partial charge on any atom is 0.231 e. The highest BCUT2D eigenvalue weighted by Crippen LogP contribution is 2.29. The zero-order valence-electron chi connectivity index (χ0n) is 14.1. The highest BCUT2D eigenvalue weighted by atomic mass is 32.1. The Bertz CT molecular complexity index is 905. The standard InChI is InChI=1S/C19H19N3O2S/c1-3-15(13-7-5-4-6-8-13)18(24)21-14-9-10-17-16(11-14)22-19(25-17)20-12(2)23/h4-11,15H,3H2,1-2H3,(H,21,24)(H,20,22,23). The Morgan fingerprint density at radius 3 is 2.56 bits per heavy atom. The minimum atomic E-state index is -0.192. The smallest absolute Gasteiger partial charge is 0.231 e. The third-order valence-electron chi connectivity index (χ3n) is 3.86. The second-order valence-corrected chi connectivity index (χ2v) is 6.77. The molecule has 1 aromatic heterocycles. The van der Waals surface area contributed by atoms with Crippen LogP contribution in [0.25, 0.3) is 10.2 Å². The molecule has 1 atom stereocenters. The molecule has 0 aliphatic carbocycles. The van der Waals surface area contributed by atoms with E-state index in [1.54, 1.807) is 0 Å². The number of amides is 2. The number of nitrogens with zero attached hydrogens (tertiary/aromatic N) is 1. The van der Waals surface area contributed by atoms with Crippen LogP contribution in [0.3, 0.4) is 0 Å². The lowest BCUT2D eigenvalue weighted by molar-refractivity contribution is -0.117. The van der Waals surface area contributed by atoms with Crippen molar-refractivity contribution in [1.82, 2.24) is 4.98 Å². The van der Waals surface area contributed by atoms with E-state index in [0.29, 0.717) is 10.8 Å². The van der Waals surface area contributed by atoms with Gasteiger partial charge in [-0.15, -0.1) is 0 Å². The Morgan fingerprint density at radius 2 is 1.88 bits per heavy atom. The molecule has 128 valence electrons. The lowest BCUT2D eigenvalue weighted by Crippen LogP contribution is -2.20. The number of benzene rings is 2.